The Morgan fingerprint density at radius 3 is 2.61 bits per heavy atom. The Labute approximate surface area is 109 Å². The van der Waals surface area contributed by atoms with Crippen molar-refractivity contribution in [3.05, 3.63) is 29.3 Å². The topological polar surface area (TPSA) is 69.4 Å². The molecule has 102 valence electrons. The molecule has 0 aromatic heterocycles. The van der Waals surface area contributed by atoms with Crippen molar-refractivity contribution in [2.45, 2.75) is 26.3 Å². The van der Waals surface area contributed by atoms with Gasteiger partial charge in [-0.1, -0.05) is 17.7 Å². The molecule has 0 bridgehead atoms. The van der Waals surface area contributed by atoms with Gasteiger partial charge < -0.3 is 10.5 Å². The Morgan fingerprint density at radius 2 is 2.06 bits per heavy atom. The lowest BCUT2D eigenvalue weighted by Crippen LogP contribution is -2.11. The van der Waals surface area contributed by atoms with Gasteiger partial charge in [-0.15, -0.1) is 0 Å². The van der Waals surface area contributed by atoms with Crippen LogP contribution in [0.1, 0.15) is 30.5 Å². The third kappa shape index (κ3) is 5.06. The summed E-state index contributed by atoms with van der Waals surface area (Å²) in [6.07, 6.45) is 1.72. The molecule has 0 saturated carbocycles. The monoisotopic (exact) mass is 271 g/mol. The second-order valence-electron chi connectivity index (χ2n) is 4.66. The quantitative estimate of drug-likeness (QED) is 0.801. The Kier molecular flexibility index (Phi) is 5.16. The van der Waals surface area contributed by atoms with Gasteiger partial charge in [0.1, 0.15) is 15.6 Å². The normalized spacial score (nSPS) is 13.3. The molecule has 0 aliphatic rings. The molecule has 0 fully saturated rings. The maximum absolute atomic E-state index is 11.0. The predicted molar refractivity (Wildman–Crippen MR) is 73.6 cm³/mol. The van der Waals surface area contributed by atoms with Gasteiger partial charge in [0.15, 0.2) is 0 Å². The Hall–Kier alpha value is -1.07. The number of rotatable bonds is 6. The first-order valence-corrected chi connectivity index (χ1v) is 8.02. The molecule has 1 atom stereocenters. The fraction of sp³-hybridized carbons (Fsp3) is 0.538. The van der Waals surface area contributed by atoms with Crippen molar-refractivity contribution >= 4 is 9.84 Å². The Bertz CT molecular complexity index is 495. The summed E-state index contributed by atoms with van der Waals surface area (Å²) in [7, 11) is -2.92. The van der Waals surface area contributed by atoms with Crippen molar-refractivity contribution in [1.82, 2.24) is 0 Å². The third-order valence-electron chi connectivity index (χ3n) is 2.57. The first-order chi connectivity index (χ1) is 8.29. The SMILES string of the molecule is Cc1ccc(OCCCS(C)(=O)=O)c([C@@H](C)N)c1. The summed E-state index contributed by atoms with van der Waals surface area (Å²) in [4.78, 5) is 0. The zero-order chi connectivity index (χ0) is 13.8. The summed E-state index contributed by atoms with van der Waals surface area (Å²) in [5.74, 6) is 0.885. The highest BCUT2D eigenvalue weighted by Gasteiger charge is 2.09. The van der Waals surface area contributed by atoms with Crippen LogP contribution >= 0.6 is 0 Å². The van der Waals surface area contributed by atoms with Gasteiger partial charge in [-0.2, -0.15) is 0 Å². The first-order valence-electron chi connectivity index (χ1n) is 5.96. The van der Waals surface area contributed by atoms with Crippen LogP contribution in [0.15, 0.2) is 18.2 Å². The Morgan fingerprint density at radius 1 is 1.39 bits per heavy atom. The molecule has 4 nitrogen and oxygen atoms in total. The van der Waals surface area contributed by atoms with Gasteiger partial charge in [0.05, 0.1) is 12.4 Å². The van der Waals surface area contributed by atoms with Gasteiger partial charge in [0.25, 0.3) is 0 Å². The molecule has 5 heteroatoms. The van der Waals surface area contributed by atoms with E-state index in [9.17, 15) is 8.42 Å². The van der Waals surface area contributed by atoms with E-state index in [1.54, 1.807) is 0 Å². The molecule has 1 rings (SSSR count). The standard InChI is InChI=1S/C13H21NO3S/c1-10-5-6-13(12(9-10)11(2)14)17-7-4-8-18(3,15)16/h5-6,9,11H,4,7-8,14H2,1-3H3/t11-/m1/s1. The first kappa shape index (κ1) is 15.0. The predicted octanol–water partition coefficient (Wildman–Crippen LogP) is 1.83. The minimum absolute atomic E-state index is 0.102. The molecule has 0 saturated heterocycles. The third-order valence-corrected chi connectivity index (χ3v) is 3.60. The minimum Gasteiger partial charge on any atom is -0.493 e. The minimum atomic E-state index is -2.92. The van der Waals surface area contributed by atoms with Crippen molar-refractivity contribution in [2.75, 3.05) is 18.6 Å². The van der Waals surface area contributed by atoms with Gasteiger partial charge in [-0.3, -0.25) is 0 Å². The number of hydrogen-bond donors (Lipinski definition) is 1. The summed E-state index contributed by atoms with van der Waals surface area (Å²) >= 11 is 0. The number of benzene rings is 1. The Balaban J connectivity index is 2.62. The highest BCUT2D eigenvalue weighted by molar-refractivity contribution is 7.90. The number of hydrogen-bond acceptors (Lipinski definition) is 4. The molecular formula is C13H21NO3S. The molecule has 0 heterocycles. The zero-order valence-electron chi connectivity index (χ0n) is 11.1. The molecule has 0 unspecified atom stereocenters. The highest BCUT2D eigenvalue weighted by atomic mass is 32.2. The smallest absolute Gasteiger partial charge is 0.147 e. The summed E-state index contributed by atoms with van der Waals surface area (Å²) in [6.45, 7) is 4.29. The summed E-state index contributed by atoms with van der Waals surface area (Å²) in [6, 6.07) is 5.73. The molecule has 1 aromatic carbocycles. The lowest BCUT2D eigenvalue weighted by Gasteiger charge is -2.14. The molecule has 18 heavy (non-hydrogen) atoms. The summed E-state index contributed by atoms with van der Waals surface area (Å²) < 4.78 is 27.6. The van der Waals surface area contributed by atoms with Crippen molar-refractivity contribution in [1.29, 1.82) is 0 Å². The molecule has 2 N–H and O–H groups in total. The van der Waals surface area contributed by atoms with Crippen LogP contribution in [-0.4, -0.2) is 27.0 Å². The fourth-order valence-electron chi connectivity index (χ4n) is 1.66. The summed E-state index contributed by atoms with van der Waals surface area (Å²) in [5.41, 5.74) is 7.96. The van der Waals surface area contributed by atoms with Crippen LogP contribution in [0, 0.1) is 6.92 Å². The summed E-state index contributed by atoms with van der Waals surface area (Å²) in [5, 5.41) is 0. The average molecular weight is 271 g/mol. The molecule has 0 aliphatic carbocycles. The van der Waals surface area contributed by atoms with E-state index in [0.717, 1.165) is 16.9 Å². The molecule has 0 radical (unpaired) electrons. The fourth-order valence-corrected chi connectivity index (χ4v) is 2.30. The van der Waals surface area contributed by atoms with Crippen LogP contribution < -0.4 is 10.5 Å². The molecule has 0 spiro atoms. The lowest BCUT2D eigenvalue weighted by atomic mass is 10.1. The number of nitrogens with two attached hydrogens (primary N) is 1. The second-order valence-corrected chi connectivity index (χ2v) is 6.92. The van der Waals surface area contributed by atoms with Gasteiger partial charge in [0, 0.05) is 17.9 Å². The van der Waals surface area contributed by atoms with E-state index in [-0.39, 0.29) is 11.8 Å². The number of aryl methyl sites for hydroxylation is 1. The van der Waals surface area contributed by atoms with Crippen molar-refractivity contribution in [3.8, 4) is 5.75 Å². The highest BCUT2D eigenvalue weighted by Crippen LogP contribution is 2.25. The molecule has 1 aromatic rings. The van der Waals surface area contributed by atoms with E-state index in [1.807, 2.05) is 32.0 Å². The van der Waals surface area contributed by atoms with Gasteiger partial charge in [-0.25, -0.2) is 8.42 Å². The zero-order valence-corrected chi connectivity index (χ0v) is 12.0. The van der Waals surface area contributed by atoms with E-state index >= 15 is 0 Å². The number of ether oxygens (including phenoxy) is 1. The molecule has 0 amide bonds. The number of sulfone groups is 1. The van der Waals surface area contributed by atoms with Crippen molar-refractivity contribution < 1.29 is 13.2 Å². The van der Waals surface area contributed by atoms with Crippen LogP contribution in [-0.2, 0) is 9.84 Å². The maximum atomic E-state index is 11.0. The second kappa shape index (κ2) is 6.20. The average Bonchev–Trinajstić information content (AvgIpc) is 2.24. The van der Waals surface area contributed by atoms with Gasteiger partial charge in [-0.05, 0) is 26.3 Å². The van der Waals surface area contributed by atoms with Crippen LogP contribution in [0.3, 0.4) is 0 Å². The van der Waals surface area contributed by atoms with Crippen LogP contribution in [0.25, 0.3) is 0 Å². The lowest BCUT2D eigenvalue weighted by molar-refractivity contribution is 0.313. The van der Waals surface area contributed by atoms with Crippen LogP contribution in [0.5, 0.6) is 5.75 Å². The van der Waals surface area contributed by atoms with E-state index < -0.39 is 9.84 Å². The molecule has 0 aliphatic heterocycles. The largest absolute Gasteiger partial charge is 0.493 e. The van der Waals surface area contributed by atoms with E-state index in [4.69, 9.17) is 10.5 Å². The van der Waals surface area contributed by atoms with E-state index in [0.29, 0.717) is 13.0 Å². The van der Waals surface area contributed by atoms with Gasteiger partial charge in [0.2, 0.25) is 0 Å². The van der Waals surface area contributed by atoms with Crippen LogP contribution in [0.2, 0.25) is 0 Å². The van der Waals surface area contributed by atoms with E-state index in [1.165, 1.54) is 6.26 Å². The van der Waals surface area contributed by atoms with E-state index in [2.05, 4.69) is 0 Å². The van der Waals surface area contributed by atoms with Crippen molar-refractivity contribution in [3.63, 3.8) is 0 Å². The maximum Gasteiger partial charge on any atom is 0.147 e. The molecular weight excluding hydrogens is 250 g/mol. The van der Waals surface area contributed by atoms with Gasteiger partial charge >= 0.3 is 0 Å². The van der Waals surface area contributed by atoms with Crippen molar-refractivity contribution in [2.24, 2.45) is 5.73 Å². The van der Waals surface area contributed by atoms with Crippen LogP contribution in [0.4, 0.5) is 0 Å².